The summed E-state index contributed by atoms with van der Waals surface area (Å²) in [5.74, 6) is -1.16. The van der Waals surface area contributed by atoms with Gasteiger partial charge in [-0.3, -0.25) is 14.4 Å². The van der Waals surface area contributed by atoms with Crippen molar-refractivity contribution in [2.45, 2.75) is 32.7 Å². The van der Waals surface area contributed by atoms with Crippen molar-refractivity contribution in [1.29, 1.82) is 0 Å². The zero-order valence-electron chi connectivity index (χ0n) is 17.1. The van der Waals surface area contributed by atoms with Gasteiger partial charge in [-0.15, -0.1) is 0 Å². The molecule has 0 unspecified atom stereocenters. The number of ketones is 1. The first-order chi connectivity index (χ1) is 14.5. The van der Waals surface area contributed by atoms with Gasteiger partial charge in [0.1, 0.15) is 6.54 Å². The van der Waals surface area contributed by atoms with Gasteiger partial charge in [0.2, 0.25) is 5.91 Å². The summed E-state index contributed by atoms with van der Waals surface area (Å²) < 4.78 is 1.73. The molecule has 6 heteroatoms. The molecule has 0 radical (unpaired) electrons. The fourth-order valence-corrected chi connectivity index (χ4v) is 3.99. The summed E-state index contributed by atoms with van der Waals surface area (Å²) in [4.78, 5) is 40.0. The van der Waals surface area contributed by atoms with Crippen LogP contribution in [0, 0.1) is 6.92 Å². The van der Waals surface area contributed by atoms with Crippen molar-refractivity contribution < 1.29 is 14.4 Å². The van der Waals surface area contributed by atoms with Crippen molar-refractivity contribution in [1.82, 2.24) is 9.47 Å². The second-order valence-corrected chi connectivity index (χ2v) is 7.79. The second-order valence-electron chi connectivity index (χ2n) is 7.79. The lowest BCUT2D eigenvalue weighted by molar-refractivity contribution is -0.127. The molecule has 30 heavy (non-hydrogen) atoms. The Balaban J connectivity index is 1.58. The molecule has 3 aromatic rings. The summed E-state index contributed by atoms with van der Waals surface area (Å²) >= 11 is 0. The molecule has 1 N–H and O–H groups in total. The van der Waals surface area contributed by atoms with E-state index >= 15 is 0 Å². The molecule has 1 aliphatic rings. The molecule has 6 nitrogen and oxygen atoms in total. The van der Waals surface area contributed by atoms with Crippen LogP contribution in [0.5, 0.6) is 0 Å². The molecule has 154 valence electrons. The number of para-hydroxylation sites is 1. The van der Waals surface area contributed by atoms with Crippen LogP contribution in [0.2, 0.25) is 0 Å². The standard InChI is InChI=1S/C24H25N3O3/c1-17-8-7-9-18(14-17)25-22(28)16-27-15-20(19-10-3-4-11-21(19)27)23(29)24(30)26-12-5-2-6-13-26/h3-4,7-11,14-15H,2,5-6,12-13,16H2,1H3,(H,25,28). The number of carbonyl (C=O) groups is 3. The molecule has 0 spiro atoms. The van der Waals surface area contributed by atoms with E-state index in [1.54, 1.807) is 15.7 Å². The summed E-state index contributed by atoms with van der Waals surface area (Å²) in [5.41, 5.74) is 2.90. The number of nitrogens with zero attached hydrogens (tertiary/aromatic N) is 2. The Kier molecular flexibility index (Phi) is 5.65. The summed E-state index contributed by atoms with van der Waals surface area (Å²) in [7, 11) is 0. The zero-order valence-corrected chi connectivity index (χ0v) is 17.1. The van der Waals surface area contributed by atoms with E-state index in [1.165, 1.54) is 0 Å². The SMILES string of the molecule is Cc1cccc(NC(=O)Cn2cc(C(=O)C(=O)N3CCCCC3)c3ccccc32)c1. The smallest absolute Gasteiger partial charge is 0.295 e. The molecule has 1 aromatic heterocycles. The van der Waals surface area contributed by atoms with Gasteiger partial charge in [-0.1, -0.05) is 30.3 Å². The quantitative estimate of drug-likeness (QED) is 0.521. The maximum absolute atomic E-state index is 13.0. The van der Waals surface area contributed by atoms with Gasteiger partial charge in [0.05, 0.1) is 5.56 Å². The average molecular weight is 403 g/mol. The molecular weight excluding hydrogens is 378 g/mol. The first-order valence-corrected chi connectivity index (χ1v) is 10.3. The van der Waals surface area contributed by atoms with E-state index in [1.807, 2.05) is 55.5 Å². The summed E-state index contributed by atoms with van der Waals surface area (Å²) in [6.07, 6.45) is 4.58. The highest BCUT2D eigenvalue weighted by molar-refractivity contribution is 6.44. The number of hydrogen-bond donors (Lipinski definition) is 1. The highest BCUT2D eigenvalue weighted by Crippen LogP contribution is 2.23. The van der Waals surface area contributed by atoms with E-state index in [2.05, 4.69) is 5.32 Å². The Labute approximate surface area is 175 Å². The minimum Gasteiger partial charge on any atom is -0.337 e. The number of nitrogens with one attached hydrogen (secondary N) is 1. The lowest BCUT2D eigenvalue weighted by atomic mass is 10.1. The van der Waals surface area contributed by atoms with Gasteiger partial charge in [0, 0.05) is 35.9 Å². The van der Waals surface area contributed by atoms with Crippen molar-refractivity contribution in [3.05, 3.63) is 65.9 Å². The third kappa shape index (κ3) is 4.13. The van der Waals surface area contributed by atoms with E-state index in [9.17, 15) is 14.4 Å². The van der Waals surface area contributed by atoms with Crippen LogP contribution in [0.1, 0.15) is 35.2 Å². The molecule has 1 aliphatic heterocycles. The normalized spacial score (nSPS) is 14.0. The number of fused-ring (bicyclic) bond motifs is 1. The van der Waals surface area contributed by atoms with Crippen molar-refractivity contribution in [2.75, 3.05) is 18.4 Å². The van der Waals surface area contributed by atoms with Gasteiger partial charge in [0.25, 0.3) is 11.7 Å². The number of carbonyl (C=O) groups excluding carboxylic acids is 3. The highest BCUT2D eigenvalue weighted by atomic mass is 16.2. The Morgan fingerprint density at radius 2 is 1.73 bits per heavy atom. The molecule has 1 saturated heterocycles. The number of likely N-dealkylation sites (tertiary alicyclic amines) is 1. The summed E-state index contributed by atoms with van der Waals surface area (Å²) in [6.45, 7) is 3.27. The van der Waals surface area contributed by atoms with Crippen molar-refractivity contribution >= 4 is 34.2 Å². The van der Waals surface area contributed by atoms with Gasteiger partial charge < -0.3 is 14.8 Å². The number of amides is 2. The molecule has 4 rings (SSSR count). The van der Waals surface area contributed by atoms with E-state index in [4.69, 9.17) is 0 Å². The minimum absolute atomic E-state index is 0.0552. The Morgan fingerprint density at radius 3 is 2.50 bits per heavy atom. The van der Waals surface area contributed by atoms with E-state index in [0.29, 0.717) is 24.0 Å². The number of benzene rings is 2. The highest BCUT2D eigenvalue weighted by Gasteiger charge is 2.27. The minimum atomic E-state index is -0.508. The van der Waals surface area contributed by atoms with E-state index in [0.717, 1.165) is 36.0 Å². The Hall–Kier alpha value is -3.41. The molecule has 0 bridgehead atoms. The number of rotatable bonds is 5. The first-order valence-electron chi connectivity index (χ1n) is 10.3. The first kappa shape index (κ1) is 19.9. The Bertz CT molecular complexity index is 1110. The average Bonchev–Trinajstić information content (AvgIpc) is 3.11. The van der Waals surface area contributed by atoms with Crippen LogP contribution in [0.15, 0.2) is 54.7 Å². The van der Waals surface area contributed by atoms with Gasteiger partial charge in [-0.2, -0.15) is 0 Å². The number of piperidine rings is 1. The van der Waals surface area contributed by atoms with Gasteiger partial charge in [-0.25, -0.2) is 0 Å². The van der Waals surface area contributed by atoms with Crippen LogP contribution in [0.4, 0.5) is 5.69 Å². The van der Waals surface area contributed by atoms with E-state index < -0.39 is 11.7 Å². The van der Waals surface area contributed by atoms with E-state index in [-0.39, 0.29) is 12.5 Å². The van der Waals surface area contributed by atoms with Crippen molar-refractivity contribution in [3.8, 4) is 0 Å². The maximum atomic E-state index is 13.0. The predicted molar refractivity (Wildman–Crippen MR) is 117 cm³/mol. The molecular formula is C24H25N3O3. The number of anilines is 1. The van der Waals surface area contributed by atoms with Crippen molar-refractivity contribution in [3.63, 3.8) is 0 Å². The molecule has 2 heterocycles. The molecule has 2 amide bonds. The number of Topliss-reactive ketones (excluding diaryl/α,β-unsaturated/α-hetero) is 1. The summed E-state index contributed by atoms with van der Waals surface area (Å²) in [5, 5.41) is 3.58. The molecule has 0 aliphatic carbocycles. The maximum Gasteiger partial charge on any atom is 0.295 e. The summed E-state index contributed by atoms with van der Waals surface area (Å²) in [6, 6.07) is 15.0. The van der Waals surface area contributed by atoms with Crippen LogP contribution in [0.25, 0.3) is 10.9 Å². The fourth-order valence-electron chi connectivity index (χ4n) is 3.99. The zero-order chi connectivity index (χ0) is 21.1. The number of hydrogen-bond acceptors (Lipinski definition) is 3. The third-order valence-electron chi connectivity index (χ3n) is 5.49. The molecule has 1 fully saturated rings. The largest absolute Gasteiger partial charge is 0.337 e. The van der Waals surface area contributed by atoms with Crippen LogP contribution in [-0.2, 0) is 16.1 Å². The van der Waals surface area contributed by atoms with Gasteiger partial charge in [0.15, 0.2) is 0 Å². The second kappa shape index (κ2) is 8.53. The lowest BCUT2D eigenvalue weighted by Gasteiger charge is -2.25. The number of aryl methyl sites for hydroxylation is 1. The molecule has 0 atom stereocenters. The molecule has 2 aromatic carbocycles. The monoisotopic (exact) mass is 403 g/mol. The van der Waals surface area contributed by atoms with Crippen molar-refractivity contribution in [2.24, 2.45) is 0 Å². The van der Waals surface area contributed by atoms with Crippen LogP contribution in [0.3, 0.4) is 0 Å². The van der Waals surface area contributed by atoms with Crippen LogP contribution >= 0.6 is 0 Å². The lowest BCUT2D eigenvalue weighted by Crippen LogP contribution is -2.40. The Morgan fingerprint density at radius 1 is 0.967 bits per heavy atom. The topological polar surface area (TPSA) is 71.4 Å². The van der Waals surface area contributed by atoms with Crippen LogP contribution in [-0.4, -0.2) is 40.2 Å². The predicted octanol–water partition coefficient (Wildman–Crippen LogP) is 3.78. The van der Waals surface area contributed by atoms with Crippen LogP contribution < -0.4 is 5.32 Å². The van der Waals surface area contributed by atoms with Gasteiger partial charge in [-0.05, 0) is 49.9 Å². The molecule has 0 saturated carbocycles. The van der Waals surface area contributed by atoms with Gasteiger partial charge >= 0.3 is 0 Å². The fraction of sp³-hybridized carbons (Fsp3) is 0.292. The third-order valence-corrected chi connectivity index (χ3v) is 5.49. The number of aromatic nitrogens is 1.